The summed E-state index contributed by atoms with van der Waals surface area (Å²) >= 11 is 0. The van der Waals surface area contributed by atoms with Crippen LogP contribution in [0.5, 0.6) is 0 Å². The van der Waals surface area contributed by atoms with E-state index >= 15 is 0 Å². The molecule has 1 aliphatic heterocycles. The fourth-order valence-electron chi connectivity index (χ4n) is 2.53. The molecule has 0 saturated carbocycles. The molecule has 2 rings (SSSR count). The molecule has 7 heteroatoms. The van der Waals surface area contributed by atoms with Gasteiger partial charge in [-0.15, -0.1) is 0 Å². The van der Waals surface area contributed by atoms with Gasteiger partial charge in [0.15, 0.2) is 9.84 Å². The maximum atomic E-state index is 11.7. The number of sulfone groups is 1. The van der Waals surface area contributed by atoms with Gasteiger partial charge < -0.3 is 10.6 Å². The summed E-state index contributed by atoms with van der Waals surface area (Å²) in [5.41, 5.74) is 8.01. The van der Waals surface area contributed by atoms with E-state index in [-0.39, 0.29) is 17.3 Å². The first-order chi connectivity index (χ1) is 9.30. The molecule has 0 atom stereocenters. The molecule has 0 bridgehead atoms. The Hall–Kier alpha value is -1.63. The molecular formula is C13H20N4O2S. The lowest BCUT2D eigenvalue weighted by Crippen LogP contribution is -2.31. The van der Waals surface area contributed by atoms with Gasteiger partial charge in [0.2, 0.25) is 0 Å². The van der Waals surface area contributed by atoms with Crippen LogP contribution < -0.4 is 10.6 Å². The van der Waals surface area contributed by atoms with E-state index in [0.29, 0.717) is 30.9 Å². The van der Waals surface area contributed by atoms with Crippen LogP contribution in [-0.4, -0.2) is 43.8 Å². The van der Waals surface area contributed by atoms with Crippen molar-refractivity contribution in [2.75, 3.05) is 29.5 Å². The molecule has 1 saturated heterocycles. The topological polar surface area (TPSA) is 100 Å². The Morgan fingerprint density at radius 3 is 2.70 bits per heavy atom. The van der Waals surface area contributed by atoms with Gasteiger partial charge in [-0.25, -0.2) is 13.4 Å². The van der Waals surface area contributed by atoms with E-state index in [4.69, 9.17) is 11.1 Å². The quantitative estimate of drug-likeness (QED) is 0.615. The van der Waals surface area contributed by atoms with Crippen molar-refractivity contribution in [3.8, 4) is 0 Å². The first-order valence-electron chi connectivity index (χ1n) is 6.58. The number of nitrogen functional groups attached to an aromatic ring is 1. The summed E-state index contributed by atoms with van der Waals surface area (Å²) in [6.07, 6.45) is 0.578. The molecule has 1 aliphatic rings. The van der Waals surface area contributed by atoms with E-state index in [1.165, 1.54) is 0 Å². The van der Waals surface area contributed by atoms with Crippen molar-refractivity contribution in [1.29, 1.82) is 5.41 Å². The van der Waals surface area contributed by atoms with Crippen LogP contribution in [0.3, 0.4) is 0 Å². The van der Waals surface area contributed by atoms with E-state index in [0.717, 1.165) is 11.3 Å². The van der Waals surface area contributed by atoms with E-state index in [9.17, 15) is 8.42 Å². The second kappa shape index (κ2) is 5.40. The number of nitrogens with two attached hydrogens (primary N) is 1. The summed E-state index contributed by atoms with van der Waals surface area (Å²) in [5.74, 6) is 0.937. The average Bonchev–Trinajstić information content (AvgIpc) is 2.48. The molecule has 3 N–H and O–H groups in total. The minimum Gasteiger partial charge on any atom is -0.384 e. The van der Waals surface area contributed by atoms with Gasteiger partial charge in [0.25, 0.3) is 0 Å². The monoisotopic (exact) mass is 296 g/mol. The number of hydrogen-bond acceptors (Lipinski definition) is 5. The summed E-state index contributed by atoms with van der Waals surface area (Å²) in [7, 11) is -2.97. The lowest BCUT2D eigenvalue weighted by atomic mass is 10.1. The Morgan fingerprint density at radius 2 is 2.05 bits per heavy atom. The van der Waals surface area contributed by atoms with Crippen LogP contribution in [0.4, 0.5) is 5.82 Å². The Bertz CT molecular complexity index is 640. The number of amidine groups is 1. The Labute approximate surface area is 119 Å². The third kappa shape index (κ3) is 3.09. The maximum Gasteiger partial charge on any atom is 0.152 e. The number of hydrogen-bond donors (Lipinski definition) is 2. The average molecular weight is 296 g/mol. The van der Waals surface area contributed by atoms with Crippen molar-refractivity contribution in [2.24, 2.45) is 5.73 Å². The van der Waals surface area contributed by atoms with Crippen molar-refractivity contribution in [3.63, 3.8) is 0 Å². The normalized spacial score (nSPS) is 18.6. The van der Waals surface area contributed by atoms with Crippen molar-refractivity contribution in [3.05, 3.63) is 22.9 Å². The number of rotatable bonds is 2. The molecular weight excluding hydrogens is 276 g/mol. The minimum absolute atomic E-state index is 0.0305. The van der Waals surface area contributed by atoms with Gasteiger partial charge >= 0.3 is 0 Å². The second-order valence-electron chi connectivity index (χ2n) is 5.19. The molecule has 0 aromatic carbocycles. The Kier molecular flexibility index (Phi) is 3.99. The third-order valence-corrected chi connectivity index (χ3v) is 5.17. The second-order valence-corrected chi connectivity index (χ2v) is 7.49. The Morgan fingerprint density at radius 1 is 1.35 bits per heavy atom. The lowest BCUT2D eigenvalue weighted by Gasteiger charge is -2.24. The Balaban J connectivity index is 2.44. The van der Waals surface area contributed by atoms with E-state index in [1.807, 2.05) is 24.8 Å². The van der Waals surface area contributed by atoms with Gasteiger partial charge in [0, 0.05) is 18.8 Å². The fourth-order valence-corrected chi connectivity index (χ4v) is 3.80. The number of aryl methyl sites for hydroxylation is 2. The molecule has 0 aliphatic carbocycles. The van der Waals surface area contributed by atoms with Crippen molar-refractivity contribution in [1.82, 2.24) is 4.98 Å². The third-order valence-electron chi connectivity index (χ3n) is 3.45. The zero-order valence-electron chi connectivity index (χ0n) is 11.8. The highest BCUT2D eigenvalue weighted by molar-refractivity contribution is 7.91. The van der Waals surface area contributed by atoms with E-state index in [2.05, 4.69) is 4.98 Å². The summed E-state index contributed by atoms with van der Waals surface area (Å²) in [5, 5.41) is 7.73. The van der Waals surface area contributed by atoms with Crippen LogP contribution in [0, 0.1) is 19.3 Å². The molecule has 1 aromatic heterocycles. The van der Waals surface area contributed by atoms with Gasteiger partial charge in [-0.1, -0.05) is 0 Å². The van der Waals surface area contributed by atoms with Crippen LogP contribution >= 0.6 is 0 Å². The standard InChI is InChI=1S/C13H20N4O2S/c1-9-8-10(2)16-13(11(9)12(14)15)17-4-3-6-20(18,19)7-5-17/h8H,3-7H2,1-2H3,(H3,14,15). The van der Waals surface area contributed by atoms with Crippen molar-refractivity contribution < 1.29 is 8.42 Å². The van der Waals surface area contributed by atoms with Crippen LogP contribution in [0.25, 0.3) is 0 Å². The van der Waals surface area contributed by atoms with Gasteiger partial charge in [0.05, 0.1) is 17.1 Å². The number of aromatic nitrogens is 1. The predicted molar refractivity (Wildman–Crippen MR) is 80.2 cm³/mol. The van der Waals surface area contributed by atoms with Crippen molar-refractivity contribution in [2.45, 2.75) is 20.3 Å². The maximum absolute atomic E-state index is 11.7. The van der Waals surface area contributed by atoms with E-state index < -0.39 is 9.84 Å². The van der Waals surface area contributed by atoms with Crippen molar-refractivity contribution >= 4 is 21.5 Å². The van der Waals surface area contributed by atoms with Gasteiger partial charge in [-0.2, -0.15) is 0 Å². The van der Waals surface area contributed by atoms with Gasteiger partial charge in [-0.05, 0) is 31.9 Å². The first-order valence-corrected chi connectivity index (χ1v) is 8.40. The molecule has 110 valence electrons. The van der Waals surface area contributed by atoms with Crippen LogP contribution in [-0.2, 0) is 9.84 Å². The number of anilines is 1. The molecule has 0 radical (unpaired) electrons. The molecule has 2 heterocycles. The van der Waals surface area contributed by atoms with Crippen LogP contribution in [0.2, 0.25) is 0 Å². The van der Waals surface area contributed by atoms with Gasteiger partial charge in [-0.3, -0.25) is 5.41 Å². The summed E-state index contributed by atoms with van der Waals surface area (Å²) in [6, 6.07) is 1.88. The molecule has 0 spiro atoms. The SMILES string of the molecule is Cc1cc(C)c(C(=N)N)c(N2CCCS(=O)(=O)CC2)n1. The minimum atomic E-state index is -2.97. The largest absolute Gasteiger partial charge is 0.384 e. The first kappa shape index (κ1) is 14.8. The summed E-state index contributed by atoms with van der Waals surface area (Å²) in [6.45, 7) is 4.80. The molecule has 0 amide bonds. The molecule has 1 fully saturated rings. The van der Waals surface area contributed by atoms with Gasteiger partial charge in [0.1, 0.15) is 11.7 Å². The molecule has 1 aromatic rings. The molecule has 6 nitrogen and oxygen atoms in total. The highest BCUT2D eigenvalue weighted by Gasteiger charge is 2.23. The highest BCUT2D eigenvalue weighted by atomic mass is 32.2. The molecule has 0 unspecified atom stereocenters. The predicted octanol–water partition coefficient (Wildman–Crippen LogP) is 0.607. The number of nitrogens with one attached hydrogen (secondary N) is 1. The zero-order chi connectivity index (χ0) is 14.9. The zero-order valence-corrected chi connectivity index (χ0v) is 12.6. The number of nitrogens with zero attached hydrogens (tertiary/aromatic N) is 2. The smallest absolute Gasteiger partial charge is 0.152 e. The van der Waals surface area contributed by atoms with Crippen LogP contribution in [0.15, 0.2) is 6.07 Å². The van der Waals surface area contributed by atoms with E-state index in [1.54, 1.807) is 0 Å². The molecule has 20 heavy (non-hydrogen) atoms. The summed E-state index contributed by atoms with van der Waals surface area (Å²) in [4.78, 5) is 6.41. The highest BCUT2D eigenvalue weighted by Crippen LogP contribution is 2.23. The fraction of sp³-hybridized carbons (Fsp3) is 0.538. The summed E-state index contributed by atoms with van der Waals surface area (Å²) < 4.78 is 23.4. The lowest BCUT2D eigenvalue weighted by molar-refractivity contribution is 0.597. The number of pyridine rings is 1. The van der Waals surface area contributed by atoms with Crippen LogP contribution in [0.1, 0.15) is 23.2 Å².